The Kier molecular flexibility index (Phi) is 5.94. The highest BCUT2D eigenvalue weighted by molar-refractivity contribution is 4.83. The lowest BCUT2D eigenvalue weighted by molar-refractivity contribution is 0.0993. The molecule has 0 spiro atoms. The maximum atomic E-state index is 3.67. The van der Waals surface area contributed by atoms with Crippen LogP contribution in [0.3, 0.4) is 0 Å². The van der Waals surface area contributed by atoms with Gasteiger partial charge < -0.3 is 10.2 Å². The zero-order valence-electron chi connectivity index (χ0n) is 12.6. The molecule has 2 heteroatoms. The molecule has 0 radical (unpaired) electrons. The number of nitrogens with one attached hydrogen (secondary N) is 1. The molecule has 1 rings (SSSR count). The summed E-state index contributed by atoms with van der Waals surface area (Å²) >= 11 is 0. The predicted molar refractivity (Wildman–Crippen MR) is 76.4 cm³/mol. The van der Waals surface area contributed by atoms with Crippen molar-refractivity contribution in [3.8, 4) is 0 Å². The molecular weight excluding hydrogens is 208 g/mol. The lowest BCUT2D eigenvalue weighted by Gasteiger charge is -2.40. The number of hydrogen-bond acceptors (Lipinski definition) is 2. The summed E-state index contributed by atoms with van der Waals surface area (Å²) in [5.74, 6) is 0.778. The van der Waals surface area contributed by atoms with Crippen molar-refractivity contribution in [2.75, 3.05) is 26.2 Å². The number of likely N-dealkylation sites (N-methyl/N-ethyl adjacent to an activating group) is 1. The van der Waals surface area contributed by atoms with Crippen LogP contribution in [0.5, 0.6) is 0 Å². The average molecular weight is 240 g/mol. The lowest BCUT2D eigenvalue weighted by atomic mass is 9.83. The fourth-order valence-electron chi connectivity index (χ4n) is 2.97. The van der Waals surface area contributed by atoms with Crippen LogP contribution in [0, 0.1) is 11.3 Å². The fraction of sp³-hybridized carbons (Fsp3) is 1.00. The molecule has 1 aliphatic rings. The highest BCUT2D eigenvalue weighted by Gasteiger charge is 2.28. The first-order valence-corrected chi connectivity index (χ1v) is 7.44. The summed E-state index contributed by atoms with van der Waals surface area (Å²) < 4.78 is 0. The SMILES string of the molecule is CCNC(CN1CCCC(C)(C)C1)C(C)CC. The Morgan fingerprint density at radius 2 is 2.00 bits per heavy atom. The second-order valence-electron chi connectivity index (χ2n) is 6.55. The third-order valence-corrected chi connectivity index (χ3v) is 4.23. The highest BCUT2D eigenvalue weighted by atomic mass is 15.2. The van der Waals surface area contributed by atoms with Crippen LogP contribution in [-0.2, 0) is 0 Å². The third-order valence-electron chi connectivity index (χ3n) is 4.23. The van der Waals surface area contributed by atoms with Gasteiger partial charge >= 0.3 is 0 Å². The number of piperidine rings is 1. The number of rotatable bonds is 6. The van der Waals surface area contributed by atoms with Crippen molar-refractivity contribution in [2.45, 2.75) is 59.9 Å². The number of hydrogen-bond donors (Lipinski definition) is 1. The minimum Gasteiger partial charge on any atom is -0.313 e. The summed E-state index contributed by atoms with van der Waals surface area (Å²) in [6.45, 7) is 16.6. The Morgan fingerprint density at radius 3 is 2.53 bits per heavy atom. The number of nitrogens with zero attached hydrogens (tertiary/aromatic N) is 1. The van der Waals surface area contributed by atoms with Crippen molar-refractivity contribution in [1.29, 1.82) is 0 Å². The number of likely N-dealkylation sites (tertiary alicyclic amines) is 1. The highest BCUT2D eigenvalue weighted by Crippen LogP contribution is 2.28. The molecule has 0 aromatic carbocycles. The summed E-state index contributed by atoms with van der Waals surface area (Å²) in [4.78, 5) is 2.67. The van der Waals surface area contributed by atoms with Crippen molar-refractivity contribution >= 4 is 0 Å². The standard InChI is InChI=1S/C15H32N2/c1-6-13(3)14(16-7-2)11-17-10-8-9-15(4,5)12-17/h13-14,16H,6-12H2,1-5H3. The Bertz CT molecular complexity index is 213. The van der Waals surface area contributed by atoms with Gasteiger partial charge in [0.05, 0.1) is 0 Å². The van der Waals surface area contributed by atoms with Gasteiger partial charge in [-0.3, -0.25) is 0 Å². The van der Waals surface area contributed by atoms with Crippen LogP contribution in [0.15, 0.2) is 0 Å². The van der Waals surface area contributed by atoms with Crippen LogP contribution in [-0.4, -0.2) is 37.1 Å². The molecule has 2 nitrogen and oxygen atoms in total. The van der Waals surface area contributed by atoms with Gasteiger partial charge in [0.25, 0.3) is 0 Å². The van der Waals surface area contributed by atoms with Gasteiger partial charge in [-0.05, 0) is 37.3 Å². The molecule has 2 unspecified atom stereocenters. The second-order valence-corrected chi connectivity index (χ2v) is 6.55. The Hall–Kier alpha value is -0.0800. The average Bonchev–Trinajstić information content (AvgIpc) is 2.26. The fourth-order valence-corrected chi connectivity index (χ4v) is 2.97. The van der Waals surface area contributed by atoms with Gasteiger partial charge in [-0.25, -0.2) is 0 Å². The minimum absolute atomic E-state index is 0.518. The van der Waals surface area contributed by atoms with Crippen LogP contribution in [0.25, 0.3) is 0 Å². The molecular formula is C15H32N2. The van der Waals surface area contributed by atoms with Gasteiger partial charge in [0.15, 0.2) is 0 Å². The van der Waals surface area contributed by atoms with Crippen molar-refractivity contribution in [2.24, 2.45) is 11.3 Å². The van der Waals surface area contributed by atoms with Gasteiger partial charge in [-0.1, -0.05) is 41.0 Å². The van der Waals surface area contributed by atoms with E-state index in [1.807, 2.05) is 0 Å². The van der Waals surface area contributed by atoms with Gasteiger partial charge in [-0.15, -0.1) is 0 Å². The summed E-state index contributed by atoms with van der Waals surface area (Å²) in [6.07, 6.45) is 4.03. The smallest absolute Gasteiger partial charge is 0.0220 e. The summed E-state index contributed by atoms with van der Waals surface area (Å²) in [6, 6.07) is 0.666. The molecule has 17 heavy (non-hydrogen) atoms. The molecule has 0 aromatic rings. The summed E-state index contributed by atoms with van der Waals surface area (Å²) in [5, 5.41) is 3.67. The molecule has 0 bridgehead atoms. The molecule has 102 valence electrons. The van der Waals surface area contributed by atoms with E-state index in [-0.39, 0.29) is 0 Å². The Labute approximate surface area is 108 Å². The van der Waals surface area contributed by atoms with E-state index in [0.717, 1.165) is 12.5 Å². The lowest BCUT2D eigenvalue weighted by Crippen LogP contribution is -2.49. The topological polar surface area (TPSA) is 15.3 Å². The predicted octanol–water partition coefficient (Wildman–Crippen LogP) is 3.13. The molecule has 1 aliphatic heterocycles. The van der Waals surface area contributed by atoms with Crippen molar-refractivity contribution in [3.63, 3.8) is 0 Å². The first-order chi connectivity index (χ1) is 7.98. The summed E-state index contributed by atoms with van der Waals surface area (Å²) in [5.41, 5.74) is 0.518. The van der Waals surface area contributed by atoms with Crippen LogP contribution >= 0.6 is 0 Å². The van der Waals surface area contributed by atoms with Crippen LogP contribution in [0.2, 0.25) is 0 Å². The van der Waals surface area contributed by atoms with Gasteiger partial charge in [0, 0.05) is 19.1 Å². The van der Waals surface area contributed by atoms with Crippen LogP contribution < -0.4 is 5.32 Å². The van der Waals surface area contributed by atoms with Crippen molar-refractivity contribution < 1.29 is 0 Å². The van der Waals surface area contributed by atoms with E-state index >= 15 is 0 Å². The first-order valence-electron chi connectivity index (χ1n) is 7.44. The summed E-state index contributed by atoms with van der Waals surface area (Å²) in [7, 11) is 0. The third kappa shape index (κ3) is 4.97. The van der Waals surface area contributed by atoms with Crippen molar-refractivity contribution in [3.05, 3.63) is 0 Å². The van der Waals surface area contributed by atoms with E-state index in [2.05, 4.69) is 44.8 Å². The van der Waals surface area contributed by atoms with Gasteiger partial charge in [0.1, 0.15) is 0 Å². The van der Waals surface area contributed by atoms with Gasteiger partial charge in [-0.2, -0.15) is 0 Å². The molecule has 2 atom stereocenters. The molecule has 1 fully saturated rings. The van der Waals surface area contributed by atoms with E-state index in [4.69, 9.17) is 0 Å². The first kappa shape index (κ1) is 15.0. The van der Waals surface area contributed by atoms with Crippen LogP contribution in [0.4, 0.5) is 0 Å². The van der Waals surface area contributed by atoms with E-state index in [0.29, 0.717) is 11.5 Å². The molecule has 0 saturated carbocycles. The molecule has 1 N–H and O–H groups in total. The second kappa shape index (κ2) is 6.75. The van der Waals surface area contributed by atoms with Gasteiger partial charge in [0.2, 0.25) is 0 Å². The van der Waals surface area contributed by atoms with E-state index in [1.165, 1.54) is 38.9 Å². The van der Waals surface area contributed by atoms with E-state index in [9.17, 15) is 0 Å². The molecule has 1 heterocycles. The molecule has 0 aliphatic carbocycles. The Balaban J connectivity index is 2.48. The van der Waals surface area contributed by atoms with Crippen LogP contribution in [0.1, 0.15) is 53.9 Å². The maximum Gasteiger partial charge on any atom is 0.0220 e. The zero-order chi connectivity index (χ0) is 12.9. The monoisotopic (exact) mass is 240 g/mol. The van der Waals surface area contributed by atoms with E-state index < -0.39 is 0 Å². The Morgan fingerprint density at radius 1 is 1.29 bits per heavy atom. The normalized spacial score (nSPS) is 24.5. The zero-order valence-corrected chi connectivity index (χ0v) is 12.6. The molecule has 1 saturated heterocycles. The molecule has 0 amide bonds. The largest absolute Gasteiger partial charge is 0.313 e. The quantitative estimate of drug-likeness (QED) is 0.767. The van der Waals surface area contributed by atoms with Crippen molar-refractivity contribution in [1.82, 2.24) is 10.2 Å². The maximum absolute atomic E-state index is 3.67. The minimum atomic E-state index is 0.518. The van der Waals surface area contributed by atoms with E-state index in [1.54, 1.807) is 0 Å². The molecule has 0 aromatic heterocycles.